The van der Waals surface area contributed by atoms with Gasteiger partial charge in [0, 0.05) is 48.4 Å². The summed E-state index contributed by atoms with van der Waals surface area (Å²) in [5, 5.41) is 9.96. The zero-order valence-corrected chi connectivity index (χ0v) is 22.5. The quantitative estimate of drug-likeness (QED) is 0.343. The molecule has 2 aliphatic heterocycles. The highest BCUT2D eigenvalue weighted by atomic mass is 35.5. The molecule has 1 amide bonds. The van der Waals surface area contributed by atoms with Gasteiger partial charge in [0.2, 0.25) is 5.91 Å². The largest absolute Gasteiger partial charge is 0.487 e. The van der Waals surface area contributed by atoms with Crippen molar-refractivity contribution in [1.29, 1.82) is 0 Å². The molecule has 1 fully saturated rings. The van der Waals surface area contributed by atoms with E-state index in [1.807, 2.05) is 47.0 Å². The Hall–Kier alpha value is -4.24. The Labute approximate surface area is 231 Å². The molecule has 0 spiro atoms. The fraction of sp³-hybridized carbons (Fsp3) is 0.276. The highest BCUT2D eigenvalue weighted by Gasteiger charge is 2.31. The van der Waals surface area contributed by atoms with E-state index in [0.29, 0.717) is 48.7 Å². The highest BCUT2D eigenvalue weighted by molar-refractivity contribution is 6.32. The van der Waals surface area contributed by atoms with Crippen molar-refractivity contribution in [1.82, 2.24) is 19.2 Å². The van der Waals surface area contributed by atoms with Gasteiger partial charge in [-0.25, -0.2) is 9.67 Å². The summed E-state index contributed by atoms with van der Waals surface area (Å²) in [6, 6.07) is 13.9. The van der Waals surface area contributed by atoms with Gasteiger partial charge in [0.25, 0.3) is 0 Å². The Kier molecular flexibility index (Phi) is 6.52. The molecule has 4 aromatic rings. The van der Waals surface area contributed by atoms with Gasteiger partial charge in [-0.2, -0.15) is 5.10 Å². The second-order valence-corrected chi connectivity index (χ2v) is 10.3. The molecule has 2 aliphatic rings. The maximum atomic E-state index is 12.3. The van der Waals surface area contributed by atoms with E-state index in [4.69, 9.17) is 27.2 Å². The third kappa shape index (κ3) is 4.52. The smallest absolute Gasteiger partial charge is 0.246 e. The number of benzene rings is 2. The van der Waals surface area contributed by atoms with Crippen molar-refractivity contribution in [2.75, 3.05) is 25.1 Å². The average Bonchev–Trinajstić information content (AvgIpc) is 3.51. The van der Waals surface area contributed by atoms with E-state index < -0.39 is 0 Å². The summed E-state index contributed by atoms with van der Waals surface area (Å²) in [6.45, 7) is 5.67. The van der Waals surface area contributed by atoms with Crippen LogP contribution in [0.3, 0.4) is 0 Å². The number of ether oxygens (including phenoxy) is 1. The molecule has 2 aromatic carbocycles. The molecule has 0 unspecified atom stereocenters. The number of amides is 1. The predicted octanol–water partition coefficient (Wildman–Crippen LogP) is 4.71. The molecular weight excluding hydrogens is 514 g/mol. The van der Waals surface area contributed by atoms with Gasteiger partial charge in [0.1, 0.15) is 36.4 Å². The first-order chi connectivity index (χ1) is 18.9. The number of anilines is 1. The van der Waals surface area contributed by atoms with Crippen molar-refractivity contribution in [2.24, 2.45) is 17.8 Å². The van der Waals surface area contributed by atoms with Crippen molar-refractivity contribution in [3.05, 3.63) is 77.5 Å². The number of fused-ring (bicyclic) bond motifs is 2. The van der Waals surface area contributed by atoms with Crippen molar-refractivity contribution < 1.29 is 9.53 Å². The summed E-state index contributed by atoms with van der Waals surface area (Å²) in [6.07, 6.45) is 5.22. The van der Waals surface area contributed by atoms with Crippen LogP contribution in [0.25, 0.3) is 22.2 Å². The third-order valence-corrected chi connectivity index (χ3v) is 7.75. The molecule has 0 radical (unpaired) electrons. The molecule has 3 N–H and O–H groups in total. The van der Waals surface area contributed by atoms with Crippen LogP contribution in [0.5, 0.6) is 5.75 Å². The number of hydrogen-bond acceptors (Lipinski definition) is 6. The molecule has 9 nitrogen and oxygen atoms in total. The number of nitrogens with two attached hydrogens (primary N) is 1. The lowest BCUT2D eigenvalue weighted by Crippen LogP contribution is -2.40. The van der Waals surface area contributed by atoms with E-state index in [2.05, 4.69) is 39.8 Å². The zero-order chi connectivity index (χ0) is 27.1. The molecule has 1 atom stereocenters. The van der Waals surface area contributed by atoms with Crippen LogP contribution < -0.4 is 15.8 Å². The van der Waals surface area contributed by atoms with Crippen molar-refractivity contribution in [2.45, 2.75) is 25.5 Å². The van der Waals surface area contributed by atoms with Crippen LogP contribution in [0.15, 0.2) is 66.3 Å². The summed E-state index contributed by atoms with van der Waals surface area (Å²) >= 11 is 6.72. The number of amidine groups is 1. The number of rotatable bonds is 6. The molecule has 2 aromatic heterocycles. The van der Waals surface area contributed by atoms with Gasteiger partial charge in [-0.1, -0.05) is 36.4 Å². The SMILES string of the molecule is C=CC(=O)N1CCC[C@@H](n2nc(-c3ccc(OCc4cn(C)c5ccccc45)c(Cl)c3)c3c2NCN=C3N)C1. The van der Waals surface area contributed by atoms with E-state index in [-0.39, 0.29) is 11.9 Å². The molecule has 0 bridgehead atoms. The number of carbonyl (C=O) groups excluding carboxylic acids is 1. The number of para-hydroxylation sites is 1. The third-order valence-electron chi connectivity index (χ3n) is 7.46. The number of aromatic nitrogens is 3. The Morgan fingerprint density at radius 3 is 2.97 bits per heavy atom. The fourth-order valence-electron chi connectivity index (χ4n) is 5.54. The average molecular weight is 544 g/mol. The number of aliphatic imine (C=N–C) groups is 1. The first kappa shape index (κ1) is 25.1. The molecule has 0 aliphatic carbocycles. The molecule has 1 saturated heterocycles. The Morgan fingerprint density at radius 1 is 1.31 bits per heavy atom. The van der Waals surface area contributed by atoms with E-state index in [1.165, 1.54) is 6.08 Å². The molecule has 10 heteroatoms. The fourth-order valence-corrected chi connectivity index (χ4v) is 5.77. The first-order valence-corrected chi connectivity index (χ1v) is 13.4. The number of nitrogens with one attached hydrogen (secondary N) is 1. The van der Waals surface area contributed by atoms with Crippen LogP contribution in [-0.2, 0) is 18.4 Å². The second-order valence-electron chi connectivity index (χ2n) is 9.90. The van der Waals surface area contributed by atoms with Crippen LogP contribution in [0, 0.1) is 0 Å². The first-order valence-electron chi connectivity index (χ1n) is 13.0. The summed E-state index contributed by atoms with van der Waals surface area (Å²) in [4.78, 5) is 18.5. The number of likely N-dealkylation sites (tertiary alicyclic amines) is 1. The topological polar surface area (TPSA) is 103 Å². The number of halogens is 1. The standard InChI is InChI=1S/C29H30ClN7O2/c1-3-25(38)36-12-6-7-20(15-36)37-29-26(28(31)32-17-33-29)27(34-37)18-10-11-24(22(30)13-18)39-16-19-14-35(2)23-9-5-4-8-21(19)23/h3-5,8-11,13-14,20,33H,1,6-7,12,15-17H2,2H3,(H2,31,32)/t20-/m1/s1. The zero-order valence-electron chi connectivity index (χ0n) is 21.7. The molecule has 4 heterocycles. The van der Waals surface area contributed by atoms with Gasteiger partial charge < -0.3 is 25.3 Å². The van der Waals surface area contributed by atoms with Crippen molar-refractivity contribution in [3.63, 3.8) is 0 Å². The molecule has 6 rings (SSSR count). The van der Waals surface area contributed by atoms with Gasteiger partial charge in [0.05, 0.1) is 16.6 Å². The Morgan fingerprint density at radius 2 is 2.15 bits per heavy atom. The van der Waals surface area contributed by atoms with Crippen LogP contribution in [-0.4, -0.2) is 50.7 Å². The molecule has 39 heavy (non-hydrogen) atoms. The lowest BCUT2D eigenvalue weighted by molar-refractivity contribution is -0.127. The minimum absolute atomic E-state index is 0.00215. The maximum absolute atomic E-state index is 12.3. The minimum Gasteiger partial charge on any atom is -0.487 e. The Bertz CT molecular complexity index is 1620. The van der Waals surface area contributed by atoms with Crippen LogP contribution in [0.4, 0.5) is 5.82 Å². The normalized spacial score (nSPS) is 16.9. The van der Waals surface area contributed by atoms with Gasteiger partial charge in [-0.05, 0) is 43.2 Å². The van der Waals surface area contributed by atoms with Gasteiger partial charge in [-0.3, -0.25) is 4.79 Å². The number of aryl methyl sites for hydroxylation is 1. The van der Waals surface area contributed by atoms with E-state index in [9.17, 15) is 4.79 Å². The summed E-state index contributed by atoms with van der Waals surface area (Å²) in [7, 11) is 2.03. The summed E-state index contributed by atoms with van der Waals surface area (Å²) in [5.41, 5.74) is 10.9. The maximum Gasteiger partial charge on any atom is 0.246 e. The number of piperidine rings is 1. The van der Waals surface area contributed by atoms with Gasteiger partial charge in [0.15, 0.2) is 0 Å². The number of nitrogens with zero attached hydrogens (tertiary/aromatic N) is 5. The van der Waals surface area contributed by atoms with Crippen molar-refractivity contribution in [3.8, 4) is 17.0 Å². The predicted molar refractivity (Wildman–Crippen MR) is 154 cm³/mol. The van der Waals surface area contributed by atoms with E-state index in [1.54, 1.807) is 0 Å². The molecule has 0 saturated carbocycles. The lowest BCUT2D eigenvalue weighted by Gasteiger charge is -2.33. The van der Waals surface area contributed by atoms with Gasteiger partial charge >= 0.3 is 0 Å². The number of hydrogen-bond donors (Lipinski definition) is 2. The number of carbonyl (C=O) groups is 1. The summed E-state index contributed by atoms with van der Waals surface area (Å²) < 4.78 is 10.2. The second kappa shape index (κ2) is 10.1. The van der Waals surface area contributed by atoms with Crippen LogP contribution >= 0.6 is 11.6 Å². The van der Waals surface area contributed by atoms with Gasteiger partial charge in [-0.15, -0.1) is 0 Å². The highest BCUT2D eigenvalue weighted by Crippen LogP contribution is 2.38. The van der Waals surface area contributed by atoms with E-state index in [0.717, 1.165) is 46.3 Å². The summed E-state index contributed by atoms with van der Waals surface area (Å²) in [5.74, 6) is 1.75. The lowest BCUT2D eigenvalue weighted by atomic mass is 10.0. The van der Waals surface area contributed by atoms with Crippen molar-refractivity contribution >= 4 is 40.1 Å². The minimum atomic E-state index is -0.0687. The monoisotopic (exact) mass is 543 g/mol. The molecule has 200 valence electrons. The Balaban J connectivity index is 1.29. The van der Waals surface area contributed by atoms with Crippen LogP contribution in [0.1, 0.15) is 30.0 Å². The van der Waals surface area contributed by atoms with E-state index >= 15 is 0 Å². The molecular formula is C29H30ClN7O2. The van der Waals surface area contributed by atoms with Crippen LogP contribution in [0.2, 0.25) is 5.02 Å².